The van der Waals surface area contributed by atoms with Crippen LogP contribution in [-0.2, 0) is 9.53 Å². The summed E-state index contributed by atoms with van der Waals surface area (Å²) in [5.41, 5.74) is 0.199. The highest BCUT2D eigenvalue weighted by molar-refractivity contribution is 5.73. The molecule has 1 N–H and O–H groups in total. The molecule has 0 bridgehead atoms. The van der Waals surface area contributed by atoms with Crippen molar-refractivity contribution in [1.82, 2.24) is 10.2 Å². The first-order valence-electron chi connectivity index (χ1n) is 6.15. The van der Waals surface area contributed by atoms with Gasteiger partial charge in [-0.25, -0.2) is 0 Å². The average Bonchev–Trinajstić information content (AvgIpc) is 2.33. The number of hydrogen-bond acceptors (Lipinski definition) is 4. The van der Waals surface area contributed by atoms with E-state index in [4.69, 9.17) is 4.74 Å². The van der Waals surface area contributed by atoms with Crippen LogP contribution in [0.4, 0.5) is 0 Å². The first kappa shape index (κ1) is 11.9. The number of likely N-dealkylation sites (tertiary alicyclic amines) is 1. The molecule has 16 heavy (non-hydrogen) atoms. The molecular weight excluding hydrogens is 204 g/mol. The molecule has 1 atom stereocenters. The quantitative estimate of drug-likeness (QED) is 0.660. The van der Waals surface area contributed by atoms with E-state index in [1.807, 2.05) is 0 Å². The van der Waals surface area contributed by atoms with Gasteiger partial charge in [0.1, 0.15) is 0 Å². The van der Waals surface area contributed by atoms with Crippen LogP contribution in [0.1, 0.15) is 19.3 Å². The molecule has 0 aliphatic carbocycles. The number of carbonyl (C=O) groups excluding carboxylic acids is 1. The van der Waals surface area contributed by atoms with Gasteiger partial charge in [0.25, 0.3) is 0 Å². The molecule has 0 aromatic rings. The van der Waals surface area contributed by atoms with E-state index >= 15 is 0 Å². The number of ether oxygens (including phenoxy) is 1. The van der Waals surface area contributed by atoms with Crippen molar-refractivity contribution in [2.45, 2.75) is 19.3 Å². The lowest BCUT2D eigenvalue weighted by Crippen LogP contribution is -2.53. The van der Waals surface area contributed by atoms with E-state index in [1.165, 1.54) is 7.11 Å². The fourth-order valence-electron chi connectivity index (χ4n) is 3.17. The molecule has 4 nitrogen and oxygen atoms in total. The summed E-state index contributed by atoms with van der Waals surface area (Å²) in [7, 11) is 3.59. The number of hydrogen-bond donors (Lipinski definition) is 1. The van der Waals surface area contributed by atoms with Crippen molar-refractivity contribution in [1.29, 1.82) is 0 Å². The Morgan fingerprint density at radius 1 is 1.38 bits per heavy atom. The van der Waals surface area contributed by atoms with Crippen LogP contribution in [0, 0.1) is 11.3 Å². The van der Waals surface area contributed by atoms with Gasteiger partial charge in [0, 0.05) is 6.54 Å². The first-order valence-corrected chi connectivity index (χ1v) is 6.15. The molecular formula is C12H22N2O2. The van der Waals surface area contributed by atoms with Crippen LogP contribution in [0.2, 0.25) is 0 Å². The highest BCUT2D eigenvalue weighted by Crippen LogP contribution is 2.44. The van der Waals surface area contributed by atoms with Crippen molar-refractivity contribution in [2.75, 3.05) is 40.3 Å². The number of rotatable bonds is 1. The molecule has 0 aromatic heterocycles. The van der Waals surface area contributed by atoms with Gasteiger partial charge in [-0.3, -0.25) is 4.79 Å². The topological polar surface area (TPSA) is 41.6 Å². The van der Waals surface area contributed by atoms with Crippen LogP contribution in [0.3, 0.4) is 0 Å². The lowest BCUT2D eigenvalue weighted by atomic mass is 9.65. The van der Waals surface area contributed by atoms with Crippen molar-refractivity contribution in [2.24, 2.45) is 11.3 Å². The molecule has 2 heterocycles. The molecule has 92 valence electrons. The Labute approximate surface area is 97.3 Å². The molecule has 4 heteroatoms. The van der Waals surface area contributed by atoms with Crippen molar-refractivity contribution in [3.63, 3.8) is 0 Å². The molecule has 2 saturated heterocycles. The zero-order valence-corrected chi connectivity index (χ0v) is 10.3. The van der Waals surface area contributed by atoms with E-state index in [-0.39, 0.29) is 17.3 Å². The second-order valence-electron chi connectivity index (χ2n) is 5.20. The van der Waals surface area contributed by atoms with Gasteiger partial charge < -0.3 is 15.0 Å². The van der Waals surface area contributed by atoms with E-state index in [2.05, 4.69) is 17.3 Å². The Hall–Kier alpha value is -0.610. The van der Waals surface area contributed by atoms with E-state index in [9.17, 15) is 4.79 Å². The van der Waals surface area contributed by atoms with Gasteiger partial charge in [-0.05, 0) is 51.4 Å². The van der Waals surface area contributed by atoms with Gasteiger partial charge in [-0.15, -0.1) is 0 Å². The van der Waals surface area contributed by atoms with Crippen LogP contribution in [0.15, 0.2) is 0 Å². The minimum atomic E-state index is -0.0200. The molecule has 2 fully saturated rings. The molecule has 1 spiro atoms. The van der Waals surface area contributed by atoms with E-state index in [0.29, 0.717) is 0 Å². The Morgan fingerprint density at radius 3 is 2.69 bits per heavy atom. The number of nitrogens with one attached hydrogen (secondary N) is 1. The molecule has 0 radical (unpaired) electrons. The summed E-state index contributed by atoms with van der Waals surface area (Å²) in [6.07, 6.45) is 3.35. The summed E-state index contributed by atoms with van der Waals surface area (Å²) in [5.74, 6) is 0.0480. The van der Waals surface area contributed by atoms with Crippen LogP contribution in [0.25, 0.3) is 0 Å². The molecule has 2 aliphatic heterocycles. The van der Waals surface area contributed by atoms with Crippen LogP contribution in [-0.4, -0.2) is 51.2 Å². The molecule has 0 aromatic carbocycles. The minimum Gasteiger partial charge on any atom is -0.469 e. The van der Waals surface area contributed by atoms with Crippen LogP contribution < -0.4 is 5.32 Å². The number of esters is 1. The highest BCUT2D eigenvalue weighted by Gasteiger charge is 2.46. The summed E-state index contributed by atoms with van der Waals surface area (Å²) in [5, 5.41) is 3.38. The Kier molecular flexibility index (Phi) is 3.50. The minimum absolute atomic E-state index is 0.0200. The van der Waals surface area contributed by atoms with E-state index in [1.54, 1.807) is 0 Å². The average molecular weight is 226 g/mol. The highest BCUT2D eigenvalue weighted by atomic mass is 16.5. The van der Waals surface area contributed by atoms with Crippen LogP contribution >= 0.6 is 0 Å². The standard InChI is InChI=1S/C12H22N2O2/c1-14-8-5-12(3-6-13-7-4-12)10(9-14)11(15)16-2/h10,13H,3-9H2,1-2H3. The maximum atomic E-state index is 11.9. The van der Waals surface area contributed by atoms with E-state index in [0.717, 1.165) is 45.4 Å². The van der Waals surface area contributed by atoms with Gasteiger partial charge in [-0.2, -0.15) is 0 Å². The smallest absolute Gasteiger partial charge is 0.310 e. The summed E-state index contributed by atoms with van der Waals surface area (Å²) in [6.45, 7) is 4.04. The van der Waals surface area contributed by atoms with E-state index < -0.39 is 0 Å². The fourth-order valence-corrected chi connectivity index (χ4v) is 3.17. The third-order valence-electron chi connectivity index (χ3n) is 4.31. The maximum Gasteiger partial charge on any atom is 0.310 e. The monoisotopic (exact) mass is 226 g/mol. The van der Waals surface area contributed by atoms with Crippen LogP contribution in [0.5, 0.6) is 0 Å². The molecule has 1 unspecified atom stereocenters. The van der Waals surface area contributed by atoms with Gasteiger partial charge in [0.2, 0.25) is 0 Å². The SMILES string of the molecule is COC(=O)C1CN(C)CCC12CCNCC2. The van der Waals surface area contributed by atoms with Gasteiger partial charge in [0.15, 0.2) is 0 Å². The Bertz CT molecular complexity index is 262. The third-order valence-corrected chi connectivity index (χ3v) is 4.31. The summed E-state index contributed by atoms with van der Waals surface area (Å²) in [6, 6.07) is 0. The van der Waals surface area contributed by atoms with Gasteiger partial charge in [-0.1, -0.05) is 0 Å². The lowest BCUT2D eigenvalue weighted by Gasteiger charge is -2.48. The summed E-state index contributed by atoms with van der Waals surface area (Å²) < 4.78 is 4.98. The molecule has 2 aliphatic rings. The Morgan fingerprint density at radius 2 is 2.06 bits per heavy atom. The lowest BCUT2D eigenvalue weighted by molar-refractivity contribution is -0.155. The molecule has 2 rings (SSSR count). The maximum absolute atomic E-state index is 11.9. The third kappa shape index (κ3) is 2.09. The van der Waals surface area contributed by atoms with Crippen molar-refractivity contribution >= 4 is 5.97 Å². The fraction of sp³-hybridized carbons (Fsp3) is 0.917. The van der Waals surface area contributed by atoms with Crippen molar-refractivity contribution in [3.8, 4) is 0 Å². The molecule has 0 saturated carbocycles. The second-order valence-corrected chi connectivity index (χ2v) is 5.20. The number of carbonyl (C=O) groups is 1. The first-order chi connectivity index (χ1) is 7.68. The zero-order valence-electron chi connectivity index (χ0n) is 10.3. The summed E-state index contributed by atoms with van der Waals surface area (Å²) >= 11 is 0. The van der Waals surface area contributed by atoms with Gasteiger partial charge in [0.05, 0.1) is 13.0 Å². The molecule has 0 amide bonds. The largest absolute Gasteiger partial charge is 0.469 e. The Balaban J connectivity index is 2.16. The van der Waals surface area contributed by atoms with Crippen molar-refractivity contribution < 1.29 is 9.53 Å². The number of piperidine rings is 2. The summed E-state index contributed by atoms with van der Waals surface area (Å²) in [4.78, 5) is 14.2. The van der Waals surface area contributed by atoms with Gasteiger partial charge >= 0.3 is 5.97 Å². The number of nitrogens with zero attached hydrogens (tertiary/aromatic N) is 1. The van der Waals surface area contributed by atoms with Crippen molar-refractivity contribution in [3.05, 3.63) is 0 Å². The number of methoxy groups -OCH3 is 1. The predicted molar refractivity (Wildman–Crippen MR) is 62.2 cm³/mol. The predicted octanol–water partition coefficient (Wildman–Crippen LogP) is 0.481. The second kappa shape index (κ2) is 4.72. The zero-order chi connectivity index (χ0) is 11.6. The normalized spacial score (nSPS) is 30.2.